The number of benzene rings is 1. The highest BCUT2D eigenvalue weighted by atomic mass is 32.2. The highest BCUT2D eigenvalue weighted by molar-refractivity contribution is 7.88. The number of halogens is 1. The number of sulfonamides is 1. The highest BCUT2D eigenvalue weighted by Gasteiger charge is 2.29. The third-order valence-electron chi connectivity index (χ3n) is 2.57. The van der Waals surface area contributed by atoms with Gasteiger partial charge in [0.1, 0.15) is 11.4 Å². The van der Waals surface area contributed by atoms with Crippen LogP contribution in [0.15, 0.2) is 24.3 Å². The molecule has 0 amide bonds. The Labute approximate surface area is 101 Å². The standard InChI is InChI=1S/C11H16FNO3S/c1-11(16-2,8-13-17(3,14)15)9-6-4-5-7-10(9)12/h4-7,13H,8H2,1-3H3/t11-/m0/s1. The van der Waals surface area contributed by atoms with Gasteiger partial charge in [0.2, 0.25) is 10.0 Å². The molecule has 17 heavy (non-hydrogen) atoms. The molecule has 0 saturated heterocycles. The first kappa shape index (κ1) is 14.1. The molecule has 0 unspecified atom stereocenters. The fraction of sp³-hybridized carbons (Fsp3) is 0.455. The van der Waals surface area contributed by atoms with Crippen molar-refractivity contribution in [2.24, 2.45) is 0 Å². The van der Waals surface area contributed by atoms with Gasteiger partial charge in [0.15, 0.2) is 0 Å². The summed E-state index contributed by atoms with van der Waals surface area (Å²) in [5.41, 5.74) is -0.715. The maximum atomic E-state index is 13.6. The van der Waals surface area contributed by atoms with Crippen LogP contribution in [-0.4, -0.2) is 28.3 Å². The van der Waals surface area contributed by atoms with E-state index in [-0.39, 0.29) is 6.54 Å². The van der Waals surface area contributed by atoms with E-state index in [9.17, 15) is 12.8 Å². The van der Waals surface area contributed by atoms with Crippen LogP contribution in [0.3, 0.4) is 0 Å². The largest absolute Gasteiger partial charge is 0.372 e. The normalized spacial score (nSPS) is 15.5. The summed E-state index contributed by atoms with van der Waals surface area (Å²) in [6, 6.07) is 6.13. The second-order valence-electron chi connectivity index (χ2n) is 4.01. The number of rotatable bonds is 5. The van der Waals surface area contributed by atoms with E-state index in [2.05, 4.69) is 4.72 Å². The van der Waals surface area contributed by atoms with Crippen LogP contribution in [0.25, 0.3) is 0 Å². The lowest BCUT2D eigenvalue weighted by molar-refractivity contribution is 0.00413. The van der Waals surface area contributed by atoms with Crippen LogP contribution in [0.5, 0.6) is 0 Å². The maximum absolute atomic E-state index is 13.6. The topological polar surface area (TPSA) is 55.4 Å². The lowest BCUT2D eigenvalue weighted by Crippen LogP contribution is -2.40. The lowest BCUT2D eigenvalue weighted by Gasteiger charge is -2.28. The van der Waals surface area contributed by atoms with E-state index in [1.165, 1.54) is 13.2 Å². The average molecular weight is 261 g/mol. The maximum Gasteiger partial charge on any atom is 0.208 e. The SMILES string of the molecule is CO[C@@](C)(CNS(C)(=O)=O)c1ccccc1F. The minimum absolute atomic E-state index is 0.0245. The summed E-state index contributed by atoms with van der Waals surface area (Å²) in [6.45, 7) is 1.60. The summed E-state index contributed by atoms with van der Waals surface area (Å²) in [6.07, 6.45) is 1.05. The van der Waals surface area contributed by atoms with Crippen LogP contribution < -0.4 is 4.72 Å². The molecule has 0 radical (unpaired) electrons. The molecule has 1 aromatic carbocycles. The molecule has 0 aliphatic heterocycles. The smallest absolute Gasteiger partial charge is 0.208 e. The number of hydrogen-bond acceptors (Lipinski definition) is 3. The van der Waals surface area contributed by atoms with Crippen molar-refractivity contribution in [2.75, 3.05) is 19.9 Å². The van der Waals surface area contributed by atoms with Crippen LogP contribution in [-0.2, 0) is 20.4 Å². The van der Waals surface area contributed by atoms with E-state index in [0.29, 0.717) is 5.56 Å². The van der Waals surface area contributed by atoms with E-state index < -0.39 is 21.4 Å². The monoisotopic (exact) mass is 261 g/mol. The third-order valence-corrected chi connectivity index (χ3v) is 3.23. The Morgan fingerprint density at radius 2 is 2.00 bits per heavy atom. The molecule has 0 bridgehead atoms. The molecule has 1 atom stereocenters. The van der Waals surface area contributed by atoms with E-state index in [4.69, 9.17) is 4.74 Å². The second kappa shape index (κ2) is 5.12. The summed E-state index contributed by atoms with van der Waals surface area (Å²) in [5, 5.41) is 0. The van der Waals surface area contributed by atoms with Gasteiger partial charge < -0.3 is 4.74 Å². The van der Waals surface area contributed by atoms with Gasteiger partial charge in [-0.1, -0.05) is 18.2 Å². The number of hydrogen-bond donors (Lipinski definition) is 1. The van der Waals surface area contributed by atoms with Gasteiger partial charge in [-0.25, -0.2) is 17.5 Å². The first-order valence-electron chi connectivity index (χ1n) is 5.03. The molecule has 96 valence electrons. The van der Waals surface area contributed by atoms with Gasteiger partial charge in [0, 0.05) is 19.2 Å². The van der Waals surface area contributed by atoms with Crippen LogP contribution >= 0.6 is 0 Å². The van der Waals surface area contributed by atoms with Gasteiger partial charge in [-0.15, -0.1) is 0 Å². The molecule has 0 fully saturated rings. The van der Waals surface area contributed by atoms with Gasteiger partial charge in [-0.05, 0) is 13.0 Å². The Kier molecular flexibility index (Phi) is 4.24. The van der Waals surface area contributed by atoms with Crippen molar-refractivity contribution >= 4 is 10.0 Å². The van der Waals surface area contributed by atoms with Crippen molar-refractivity contribution in [3.8, 4) is 0 Å². The van der Waals surface area contributed by atoms with Crippen LogP contribution in [0.4, 0.5) is 4.39 Å². The Bertz CT molecular complexity index is 489. The average Bonchev–Trinajstić information content (AvgIpc) is 2.26. The number of methoxy groups -OCH3 is 1. The zero-order chi connectivity index (χ0) is 13.1. The van der Waals surface area contributed by atoms with Gasteiger partial charge >= 0.3 is 0 Å². The minimum atomic E-state index is -3.34. The van der Waals surface area contributed by atoms with Crippen molar-refractivity contribution in [2.45, 2.75) is 12.5 Å². The summed E-state index contributed by atoms with van der Waals surface area (Å²) in [7, 11) is -1.93. The molecular formula is C11H16FNO3S. The van der Waals surface area contributed by atoms with Gasteiger partial charge in [-0.3, -0.25) is 0 Å². The fourth-order valence-electron chi connectivity index (χ4n) is 1.44. The predicted octanol–water partition coefficient (Wildman–Crippen LogP) is 1.24. The number of nitrogens with one attached hydrogen (secondary N) is 1. The van der Waals surface area contributed by atoms with E-state index in [1.807, 2.05) is 0 Å². The van der Waals surface area contributed by atoms with Crippen molar-refractivity contribution in [3.63, 3.8) is 0 Å². The van der Waals surface area contributed by atoms with E-state index >= 15 is 0 Å². The zero-order valence-corrected chi connectivity index (χ0v) is 10.8. The summed E-state index contributed by atoms with van der Waals surface area (Å²) in [5.74, 6) is -0.424. The molecule has 0 aliphatic rings. The highest BCUT2D eigenvalue weighted by Crippen LogP contribution is 2.26. The summed E-state index contributed by atoms with van der Waals surface area (Å²) in [4.78, 5) is 0. The minimum Gasteiger partial charge on any atom is -0.372 e. The van der Waals surface area contributed by atoms with Crippen molar-refractivity contribution < 1.29 is 17.5 Å². The first-order valence-corrected chi connectivity index (χ1v) is 6.92. The Hall–Kier alpha value is -0.980. The molecule has 0 aromatic heterocycles. The molecule has 1 rings (SSSR count). The van der Waals surface area contributed by atoms with E-state index in [0.717, 1.165) is 6.26 Å². The van der Waals surface area contributed by atoms with E-state index in [1.54, 1.807) is 25.1 Å². The molecule has 1 aromatic rings. The van der Waals surface area contributed by atoms with Crippen molar-refractivity contribution in [1.29, 1.82) is 0 Å². The van der Waals surface area contributed by atoms with Crippen LogP contribution in [0, 0.1) is 5.82 Å². The van der Waals surface area contributed by atoms with Gasteiger partial charge in [0.25, 0.3) is 0 Å². The molecule has 0 spiro atoms. The van der Waals surface area contributed by atoms with Crippen LogP contribution in [0.1, 0.15) is 12.5 Å². The Balaban J connectivity index is 3.00. The third kappa shape index (κ3) is 3.76. The van der Waals surface area contributed by atoms with Gasteiger partial charge in [-0.2, -0.15) is 0 Å². The summed E-state index contributed by atoms with van der Waals surface area (Å²) < 4.78 is 43.3. The van der Waals surface area contributed by atoms with Gasteiger partial charge in [0.05, 0.1) is 6.26 Å². The molecule has 0 heterocycles. The molecular weight excluding hydrogens is 245 g/mol. The first-order chi connectivity index (χ1) is 7.78. The molecule has 0 saturated carbocycles. The fourth-order valence-corrected chi connectivity index (χ4v) is 1.97. The number of ether oxygens (including phenoxy) is 1. The molecule has 6 heteroatoms. The molecule has 4 nitrogen and oxygen atoms in total. The summed E-state index contributed by atoms with van der Waals surface area (Å²) >= 11 is 0. The second-order valence-corrected chi connectivity index (χ2v) is 5.84. The predicted molar refractivity (Wildman–Crippen MR) is 63.6 cm³/mol. The molecule has 0 aliphatic carbocycles. The zero-order valence-electron chi connectivity index (χ0n) is 10.0. The Morgan fingerprint density at radius 1 is 1.41 bits per heavy atom. The Morgan fingerprint density at radius 3 is 2.47 bits per heavy atom. The molecule has 1 N–H and O–H groups in total. The van der Waals surface area contributed by atoms with Crippen molar-refractivity contribution in [3.05, 3.63) is 35.6 Å². The lowest BCUT2D eigenvalue weighted by atomic mass is 9.95. The van der Waals surface area contributed by atoms with Crippen LogP contribution in [0.2, 0.25) is 0 Å². The quantitative estimate of drug-likeness (QED) is 0.867. The van der Waals surface area contributed by atoms with Crippen molar-refractivity contribution in [1.82, 2.24) is 4.72 Å².